The van der Waals surface area contributed by atoms with E-state index in [1.54, 1.807) is 11.3 Å². The summed E-state index contributed by atoms with van der Waals surface area (Å²) >= 11 is 1.68. The molecule has 2 rings (SSSR count). The van der Waals surface area contributed by atoms with E-state index in [1.807, 2.05) is 18.5 Å². The maximum absolute atomic E-state index is 11.5. The van der Waals surface area contributed by atoms with Gasteiger partial charge in [0.05, 0.1) is 6.54 Å². The van der Waals surface area contributed by atoms with Gasteiger partial charge in [-0.15, -0.1) is 11.3 Å². The molecule has 3 nitrogen and oxygen atoms in total. The summed E-state index contributed by atoms with van der Waals surface area (Å²) in [5.41, 5.74) is 0. The van der Waals surface area contributed by atoms with Gasteiger partial charge < -0.3 is 0 Å². The summed E-state index contributed by atoms with van der Waals surface area (Å²) in [6, 6.07) is 0.343. The lowest BCUT2D eigenvalue weighted by Gasteiger charge is -2.36. The van der Waals surface area contributed by atoms with Crippen LogP contribution < -0.4 is 0 Å². The van der Waals surface area contributed by atoms with E-state index in [9.17, 15) is 4.79 Å². The van der Waals surface area contributed by atoms with E-state index in [-0.39, 0.29) is 5.92 Å². The lowest BCUT2D eigenvalue weighted by Crippen LogP contribution is -2.46. The second kappa shape index (κ2) is 4.41. The van der Waals surface area contributed by atoms with Crippen molar-refractivity contribution < 1.29 is 4.79 Å². The molecule has 0 bridgehead atoms. The second-order valence-corrected chi connectivity index (χ2v) is 5.12. The highest BCUT2D eigenvalue weighted by molar-refractivity contribution is 7.09. The van der Waals surface area contributed by atoms with Crippen molar-refractivity contribution in [2.24, 2.45) is 5.92 Å². The third kappa shape index (κ3) is 2.26. The summed E-state index contributed by atoms with van der Waals surface area (Å²) in [5.74, 6) is 0.566. The van der Waals surface area contributed by atoms with Crippen LogP contribution in [-0.4, -0.2) is 28.3 Å². The van der Waals surface area contributed by atoms with E-state index in [0.717, 1.165) is 18.1 Å². The highest BCUT2D eigenvalue weighted by atomic mass is 32.1. The van der Waals surface area contributed by atoms with Crippen LogP contribution >= 0.6 is 11.3 Å². The SMILES string of the molecule is CC1C(=O)CCN(Cc2nccs2)C1C. The van der Waals surface area contributed by atoms with Crippen molar-refractivity contribution in [3.63, 3.8) is 0 Å². The molecule has 15 heavy (non-hydrogen) atoms. The van der Waals surface area contributed by atoms with Gasteiger partial charge in [0.25, 0.3) is 0 Å². The maximum atomic E-state index is 11.5. The Hall–Kier alpha value is -0.740. The molecule has 1 aromatic heterocycles. The molecular formula is C11H16N2OS. The average molecular weight is 224 g/mol. The highest BCUT2D eigenvalue weighted by Gasteiger charge is 2.30. The number of ketones is 1. The summed E-state index contributed by atoms with van der Waals surface area (Å²) < 4.78 is 0. The van der Waals surface area contributed by atoms with Gasteiger partial charge in [0.15, 0.2) is 0 Å². The Bertz CT molecular complexity index is 336. The van der Waals surface area contributed by atoms with Gasteiger partial charge >= 0.3 is 0 Å². The quantitative estimate of drug-likeness (QED) is 0.769. The van der Waals surface area contributed by atoms with Crippen LogP contribution in [0, 0.1) is 5.92 Å². The second-order valence-electron chi connectivity index (χ2n) is 4.14. The molecule has 0 aliphatic carbocycles. The molecule has 0 radical (unpaired) electrons. The van der Waals surface area contributed by atoms with Crippen molar-refractivity contribution in [1.82, 2.24) is 9.88 Å². The van der Waals surface area contributed by atoms with Gasteiger partial charge in [0.1, 0.15) is 10.8 Å². The molecule has 0 N–H and O–H groups in total. The maximum Gasteiger partial charge on any atom is 0.138 e. The minimum Gasteiger partial charge on any atom is -0.299 e. The molecule has 2 unspecified atom stereocenters. The van der Waals surface area contributed by atoms with E-state index in [2.05, 4.69) is 16.8 Å². The Labute approximate surface area is 94.1 Å². The van der Waals surface area contributed by atoms with Crippen molar-refractivity contribution in [3.05, 3.63) is 16.6 Å². The van der Waals surface area contributed by atoms with E-state index in [4.69, 9.17) is 0 Å². The van der Waals surface area contributed by atoms with Crippen molar-refractivity contribution >= 4 is 17.1 Å². The highest BCUT2D eigenvalue weighted by Crippen LogP contribution is 2.22. The summed E-state index contributed by atoms with van der Waals surface area (Å²) in [5, 5.41) is 3.14. The number of carbonyl (C=O) groups excluding carboxylic acids is 1. The third-order valence-corrected chi connectivity index (χ3v) is 4.04. The summed E-state index contributed by atoms with van der Waals surface area (Å²) in [7, 11) is 0. The Morgan fingerprint density at radius 2 is 2.40 bits per heavy atom. The fourth-order valence-corrected chi connectivity index (χ4v) is 2.64. The molecule has 0 aromatic carbocycles. The Kier molecular flexibility index (Phi) is 3.17. The lowest BCUT2D eigenvalue weighted by molar-refractivity contribution is -0.128. The van der Waals surface area contributed by atoms with Crippen LogP contribution in [0.2, 0.25) is 0 Å². The standard InChI is InChI=1S/C11H16N2OS/c1-8-9(2)13(5-3-10(8)14)7-11-12-4-6-15-11/h4,6,8-9H,3,5,7H2,1-2H3. The van der Waals surface area contributed by atoms with Gasteiger partial charge in [-0.05, 0) is 6.92 Å². The number of Topliss-reactive ketones (excluding diaryl/α,β-unsaturated/α-hetero) is 1. The van der Waals surface area contributed by atoms with Crippen LogP contribution in [-0.2, 0) is 11.3 Å². The number of thiazole rings is 1. The predicted molar refractivity (Wildman–Crippen MR) is 60.8 cm³/mol. The number of piperidine rings is 1. The number of likely N-dealkylation sites (tertiary alicyclic amines) is 1. The van der Waals surface area contributed by atoms with Crippen molar-refractivity contribution in [1.29, 1.82) is 0 Å². The van der Waals surface area contributed by atoms with Crippen molar-refractivity contribution in [2.75, 3.05) is 6.54 Å². The number of rotatable bonds is 2. The third-order valence-electron chi connectivity index (χ3n) is 3.27. The van der Waals surface area contributed by atoms with Crippen molar-refractivity contribution in [2.45, 2.75) is 32.9 Å². The molecule has 82 valence electrons. The first-order valence-electron chi connectivity index (χ1n) is 5.33. The van der Waals surface area contributed by atoms with Gasteiger partial charge in [-0.1, -0.05) is 6.92 Å². The zero-order valence-electron chi connectivity index (χ0n) is 9.14. The number of nitrogens with zero attached hydrogens (tertiary/aromatic N) is 2. The Morgan fingerprint density at radius 3 is 3.07 bits per heavy atom. The molecule has 2 heterocycles. The van der Waals surface area contributed by atoms with E-state index >= 15 is 0 Å². The fourth-order valence-electron chi connectivity index (χ4n) is 2.00. The van der Waals surface area contributed by atoms with Gasteiger partial charge in [-0.3, -0.25) is 9.69 Å². The van der Waals surface area contributed by atoms with E-state index in [1.165, 1.54) is 0 Å². The van der Waals surface area contributed by atoms with Gasteiger partial charge in [-0.2, -0.15) is 0 Å². The van der Waals surface area contributed by atoms with Crippen LogP contribution in [0.5, 0.6) is 0 Å². The molecule has 1 fully saturated rings. The van der Waals surface area contributed by atoms with Gasteiger partial charge in [0.2, 0.25) is 0 Å². The summed E-state index contributed by atoms with van der Waals surface area (Å²) in [4.78, 5) is 18.1. The van der Waals surface area contributed by atoms with Crippen LogP contribution in [0.15, 0.2) is 11.6 Å². The van der Waals surface area contributed by atoms with Crippen LogP contribution in [0.1, 0.15) is 25.3 Å². The van der Waals surface area contributed by atoms with Crippen LogP contribution in [0.25, 0.3) is 0 Å². The fraction of sp³-hybridized carbons (Fsp3) is 0.636. The van der Waals surface area contributed by atoms with Gasteiger partial charge in [-0.25, -0.2) is 4.98 Å². The minimum atomic E-state index is 0.165. The predicted octanol–water partition coefficient (Wildman–Crippen LogP) is 1.94. The molecule has 1 saturated heterocycles. The first-order chi connectivity index (χ1) is 7.18. The zero-order chi connectivity index (χ0) is 10.8. The minimum absolute atomic E-state index is 0.165. The summed E-state index contributed by atoms with van der Waals surface area (Å²) in [6.45, 7) is 5.93. The number of hydrogen-bond acceptors (Lipinski definition) is 4. The lowest BCUT2D eigenvalue weighted by atomic mass is 9.91. The molecule has 0 spiro atoms. The molecule has 0 saturated carbocycles. The molecule has 0 amide bonds. The van der Waals surface area contributed by atoms with Crippen LogP contribution in [0.4, 0.5) is 0 Å². The largest absolute Gasteiger partial charge is 0.299 e. The van der Waals surface area contributed by atoms with Crippen molar-refractivity contribution in [3.8, 4) is 0 Å². The van der Waals surface area contributed by atoms with Crippen LogP contribution in [0.3, 0.4) is 0 Å². The van der Waals surface area contributed by atoms with Gasteiger partial charge in [0, 0.05) is 36.5 Å². The smallest absolute Gasteiger partial charge is 0.138 e. The number of hydrogen-bond donors (Lipinski definition) is 0. The molecular weight excluding hydrogens is 208 g/mol. The molecule has 4 heteroatoms. The molecule has 1 aromatic rings. The normalized spacial score (nSPS) is 28.3. The summed E-state index contributed by atoms with van der Waals surface area (Å²) in [6.07, 6.45) is 2.53. The molecule has 1 aliphatic heterocycles. The number of aromatic nitrogens is 1. The Morgan fingerprint density at radius 1 is 1.60 bits per heavy atom. The molecule has 2 atom stereocenters. The Balaban J connectivity index is 2.01. The topological polar surface area (TPSA) is 33.2 Å². The van der Waals surface area contributed by atoms with E-state index in [0.29, 0.717) is 18.2 Å². The average Bonchev–Trinajstić information content (AvgIpc) is 2.72. The first kappa shape index (κ1) is 10.8. The molecule has 1 aliphatic rings. The number of carbonyl (C=O) groups is 1. The monoisotopic (exact) mass is 224 g/mol. The zero-order valence-corrected chi connectivity index (χ0v) is 9.96. The van der Waals surface area contributed by atoms with E-state index < -0.39 is 0 Å². The first-order valence-corrected chi connectivity index (χ1v) is 6.21.